The summed E-state index contributed by atoms with van der Waals surface area (Å²) in [5.41, 5.74) is 2.45. The minimum atomic E-state index is 0.768. The van der Waals surface area contributed by atoms with Crippen molar-refractivity contribution in [2.75, 3.05) is 26.8 Å². The van der Waals surface area contributed by atoms with Gasteiger partial charge in [0.1, 0.15) is 0 Å². The lowest BCUT2D eigenvalue weighted by Gasteiger charge is -2.03. The molecule has 0 unspecified atom stereocenters. The number of nitrogens with zero attached hydrogens (tertiary/aromatic N) is 2. The van der Waals surface area contributed by atoms with Crippen molar-refractivity contribution in [2.45, 2.75) is 13.3 Å². The molecule has 0 bridgehead atoms. The molecule has 4 heteroatoms. The van der Waals surface area contributed by atoms with E-state index in [2.05, 4.69) is 23.4 Å². The molecule has 0 aromatic carbocycles. The Hall–Kier alpha value is -1.13. The zero-order valence-corrected chi connectivity index (χ0v) is 10.4. The number of aryl methyl sites for hydroxylation is 1. The average molecular weight is 223 g/mol. The molecule has 1 aromatic rings. The van der Waals surface area contributed by atoms with Gasteiger partial charge in [-0.3, -0.25) is 4.68 Å². The smallest absolute Gasteiger partial charge is 0.0632 e. The fourth-order valence-corrected chi connectivity index (χ4v) is 1.56. The normalized spacial score (nSPS) is 12.1. The maximum atomic E-state index is 4.95. The van der Waals surface area contributed by atoms with Crippen LogP contribution in [0.4, 0.5) is 0 Å². The highest BCUT2D eigenvalue weighted by Gasteiger charge is 1.99. The topological polar surface area (TPSA) is 39.1 Å². The molecule has 1 N–H and O–H groups in total. The van der Waals surface area contributed by atoms with Crippen LogP contribution in [0.25, 0.3) is 5.57 Å². The first-order valence-electron chi connectivity index (χ1n) is 5.60. The molecule has 0 aliphatic rings. The maximum Gasteiger partial charge on any atom is 0.0632 e. The van der Waals surface area contributed by atoms with E-state index in [0.29, 0.717) is 0 Å². The summed E-state index contributed by atoms with van der Waals surface area (Å²) in [7, 11) is 3.68. The first kappa shape index (κ1) is 12.9. The molecule has 0 saturated heterocycles. The fourth-order valence-electron chi connectivity index (χ4n) is 1.56. The van der Waals surface area contributed by atoms with E-state index in [1.807, 2.05) is 24.0 Å². The lowest BCUT2D eigenvalue weighted by molar-refractivity contribution is 0.199. The summed E-state index contributed by atoms with van der Waals surface area (Å²) >= 11 is 0. The number of allylic oxidation sites excluding steroid dienone is 1. The Morgan fingerprint density at radius 1 is 1.56 bits per heavy atom. The standard InChI is InChI=1S/C12H21N3O/c1-11(12-6-8-14-15(12)2)5-4-7-13-9-10-16-3/h5-6,8,13H,4,7,9-10H2,1-3H3. The molecule has 0 atom stereocenters. The number of hydrogen-bond acceptors (Lipinski definition) is 3. The monoisotopic (exact) mass is 223 g/mol. The first-order chi connectivity index (χ1) is 7.75. The average Bonchev–Trinajstić information content (AvgIpc) is 2.69. The van der Waals surface area contributed by atoms with Crippen molar-refractivity contribution in [1.82, 2.24) is 15.1 Å². The third kappa shape index (κ3) is 4.16. The number of nitrogens with one attached hydrogen (secondary N) is 1. The van der Waals surface area contributed by atoms with E-state index in [1.165, 1.54) is 11.3 Å². The van der Waals surface area contributed by atoms with Crippen molar-refractivity contribution in [3.05, 3.63) is 24.0 Å². The molecule has 0 fully saturated rings. The Kier molecular flexibility index (Phi) is 5.82. The largest absolute Gasteiger partial charge is 0.383 e. The predicted octanol–water partition coefficient (Wildman–Crippen LogP) is 1.45. The van der Waals surface area contributed by atoms with Gasteiger partial charge in [0.2, 0.25) is 0 Å². The molecular formula is C12H21N3O. The molecular weight excluding hydrogens is 202 g/mol. The molecule has 0 amide bonds. The van der Waals surface area contributed by atoms with Crippen LogP contribution >= 0.6 is 0 Å². The Bertz CT molecular complexity index is 331. The van der Waals surface area contributed by atoms with Crippen LogP contribution in [0.3, 0.4) is 0 Å². The van der Waals surface area contributed by atoms with E-state index in [9.17, 15) is 0 Å². The highest BCUT2D eigenvalue weighted by Crippen LogP contribution is 2.11. The van der Waals surface area contributed by atoms with Crippen LogP contribution in [0.2, 0.25) is 0 Å². The van der Waals surface area contributed by atoms with Crippen LogP contribution in [-0.2, 0) is 11.8 Å². The zero-order valence-electron chi connectivity index (χ0n) is 10.4. The van der Waals surface area contributed by atoms with E-state index in [1.54, 1.807) is 7.11 Å². The number of hydrogen-bond donors (Lipinski definition) is 1. The van der Waals surface area contributed by atoms with Gasteiger partial charge in [-0.05, 0) is 31.5 Å². The van der Waals surface area contributed by atoms with E-state index in [4.69, 9.17) is 4.74 Å². The molecule has 0 aliphatic carbocycles. The van der Waals surface area contributed by atoms with Crippen molar-refractivity contribution >= 4 is 5.57 Å². The van der Waals surface area contributed by atoms with Crippen LogP contribution < -0.4 is 5.32 Å². The molecule has 1 rings (SSSR count). The molecule has 0 radical (unpaired) electrons. The summed E-state index contributed by atoms with van der Waals surface area (Å²) in [5, 5.41) is 7.46. The summed E-state index contributed by atoms with van der Waals surface area (Å²) < 4.78 is 6.85. The number of methoxy groups -OCH3 is 1. The minimum Gasteiger partial charge on any atom is -0.383 e. The van der Waals surface area contributed by atoms with E-state index < -0.39 is 0 Å². The fraction of sp³-hybridized carbons (Fsp3) is 0.583. The lowest BCUT2D eigenvalue weighted by atomic mass is 10.2. The number of aromatic nitrogens is 2. The van der Waals surface area contributed by atoms with Gasteiger partial charge in [0.15, 0.2) is 0 Å². The van der Waals surface area contributed by atoms with Crippen molar-refractivity contribution in [3.8, 4) is 0 Å². The third-order valence-corrected chi connectivity index (χ3v) is 2.48. The van der Waals surface area contributed by atoms with Gasteiger partial charge in [-0.25, -0.2) is 0 Å². The Morgan fingerprint density at radius 2 is 2.38 bits per heavy atom. The molecule has 0 aliphatic heterocycles. The van der Waals surface area contributed by atoms with Crippen molar-refractivity contribution in [1.29, 1.82) is 0 Å². The highest BCUT2D eigenvalue weighted by atomic mass is 16.5. The van der Waals surface area contributed by atoms with Crippen LogP contribution in [0.15, 0.2) is 18.3 Å². The van der Waals surface area contributed by atoms with Gasteiger partial charge in [-0.1, -0.05) is 6.08 Å². The Morgan fingerprint density at radius 3 is 3.00 bits per heavy atom. The number of ether oxygens (including phenoxy) is 1. The minimum absolute atomic E-state index is 0.768. The van der Waals surface area contributed by atoms with Gasteiger partial charge in [0, 0.05) is 26.9 Å². The molecule has 90 valence electrons. The van der Waals surface area contributed by atoms with Crippen molar-refractivity contribution in [2.24, 2.45) is 7.05 Å². The zero-order chi connectivity index (χ0) is 11.8. The Balaban J connectivity index is 2.27. The van der Waals surface area contributed by atoms with Gasteiger partial charge in [0.05, 0.1) is 12.3 Å². The van der Waals surface area contributed by atoms with Gasteiger partial charge in [-0.2, -0.15) is 5.10 Å². The molecule has 4 nitrogen and oxygen atoms in total. The lowest BCUT2D eigenvalue weighted by Crippen LogP contribution is -2.19. The third-order valence-electron chi connectivity index (χ3n) is 2.48. The summed E-state index contributed by atoms with van der Waals surface area (Å²) in [6.07, 6.45) is 5.08. The van der Waals surface area contributed by atoms with Crippen LogP contribution in [0.1, 0.15) is 19.0 Å². The van der Waals surface area contributed by atoms with Crippen molar-refractivity contribution < 1.29 is 4.74 Å². The first-order valence-corrected chi connectivity index (χ1v) is 5.60. The molecule has 0 spiro atoms. The van der Waals surface area contributed by atoms with Gasteiger partial charge >= 0.3 is 0 Å². The van der Waals surface area contributed by atoms with Gasteiger partial charge in [-0.15, -0.1) is 0 Å². The van der Waals surface area contributed by atoms with Crippen LogP contribution in [-0.4, -0.2) is 36.6 Å². The van der Waals surface area contributed by atoms with Crippen LogP contribution in [0, 0.1) is 0 Å². The number of rotatable bonds is 7. The summed E-state index contributed by atoms with van der Waals surface area (Å²) in [6.45, 7) is 4.78. The molecule has 1 aromatic heterocycles. The quantitative estimate of drug-likeness (QED) is 0.711. The summed E-state index contributed by atoms with van der Waals surface area (Å²) in [5.74, 6) is 0. The SMILES string of the molecule is COCCNCCC=C(C)c1ccnn1C. The predicted molar refractivity (Wildman–Crippen MR) is 66.2 cm³/mol. The van der Waals surface area contributed by atoms with E-state index in [0.717, 1.165) is 26.1 Å². The summed E-state index contributed by atoms with van der Waals surface area (Å²) in [4.78, 5) is 0. The molecule has 1 heterocycles. The Labute approximate surface area is 97.3 Å². The van der Waals surface area contributed by atoms with E-state index >= 15 is 0 Å². The highest BCUT2D eigenvalue weighted by molar-refractivity contribution is 5.60. The second kappa shape index (κ2) is 7.19. The molecule has 16 heavy (non-hydrogen) atoms. The second-order valence-corrected chi connectivity index (χ2v) is 3.76. The van der Waals surface area contributed by atoms with E-state index in [-0.39, 0.29) is 0 Å². The molecule has 0 saturated carbocycles. The maximum absolute atomic E-state index is 4.95. The summed E-state index contributed by atoms with van der Waals surface area (Å²) in [6, 6.07) is 2.03. The van der Waals surface area contributed by atoms with Crippen LogP contribution in [0.5, 0.6) is 0 Å². The van der Waals surface area contributed by atoms with Gasteiger partial charge < -0.3 is 10.1 Å². The second-order valence-electron chi connectivity index (χ2n) is 3.76. The van der Waals surface area contributed by atoms with Crippen molar-refractivity contribution in [3.63, 3.8) is 0 Å². The van der Waals surface area contributed by atoms with Gasteiger partial charge in [0.25, 0.3) is 0 Å².